The maximum absolute atomic E-state index is 12.0. The van der Waals surface area contributed by atoms with E-state index >= 15 is 0 Å². The van der Waals surface area contributed by atoms with Gasteiger partial charge < -0.3 is 14.4 Å². The highest BCUT2D eigenvalue weighted by molar-refractivity contribution is 7.89. The number of methoxy groups -OCH3 is 1. The molecule has 0 aliphatic rings. The van der Waals surface area contributed by atoms with Crippen molar-refractivity contribution in [3.8, 4) is 0 Å². The van der Waals surface area contributed by atoms with E-state index in [0.717, 1.165) is 4.31 Å². The van der Waals surface area contributed by atoms with Gasteiger partial charge in [-0.2, -0.15) is 4.31 Å². The van der Waals surface area contributed by atoms with Crippen LogP contribution in [0.4, 0.5) is 0 Å². The summed E-state index contributed by atoms with van der Waals surface area (Å²) in [5.41, 5.74) is 0. The van der Waals surface area contributed by atoms with Crippen LogP contribution < -0.4 is 0 Å². The highest BCUT2D eigenvalue weighted by atomic mass is 32.2. The second-order valence-electron chi connectivity index (χ2n) is 3.91. The zero-order chi connectivity index (χ0) is 13.1. The average Bonchev–Trinajstić information content (AvgIpc) is 2.65. The van der Waals surface area contributed by atoms with E-state index in [-0.39, 0.29) is 18.0 Å². The van der Waals surface area contributed by atoms with Crippen molar-refractivity contribution < 1.29 is 18.3 Å². The second-order valence-corrected chi connectivity index (χ2v) is 5.95. The smallest absolute Gasteiger partial charge is 0.244 e. The molecule has 1 N–H and O–H groups in total. The summed E-state index contributed by atoms with van der Waals surface area (Å²) in [6, 6.07) is 1.52. The van der Waals surface area contributed by atoms with Gasteiger partial charge in [0.25, 0.3) is 0 Å². The van der Waals surface area contributed by atoms with Crippen molar-refractivity contribution in [2.75, 3.05) is 27.3 Å². The zero-order valence-electron chi connectivity index (χ0n) is 10.2. The molecule has 0 spiro atoms. The molecular formula is C10H18N2O4S. The fourth-order valence-electron chi connectivity index (χ4n) is 1.45. The lowest BCUT2D eigenvalue weighted by atomic mass is 10.4. The maximum Gasteiger partial charge on any atom is 0.244 e. The number of hydrogen-bond acceptors (Lipinski definition) is 4. The third kappa shape index (κ3) is 3.53. The number of aliphatic hydroxyl groups excluding tert-OH is 1. The van der Waals surface area contributed by atoms with E-state index in [1.165, 1.54) is 26.4 Å². The van der Waals surface area contributed by atoms with Crippen LogP contribution in [0.15, 0.2) is 23.4 Å². The molecule has 0 fully saturated rings. The highest BCUT2D eigenvalue weighted by Gasteiger charge is 2.23. The van der Waals surface area contributed by atoms with Crippen LogP contribution in [-0.2, 0) is 21.8 Å². The van der Waals surface area contributed by atoms with E-state index in [2.05, 4.69) is 0 Å². The van der Waals surface area contributed by atoms with Crippen molar-refractivity contribution in [1.82, 2.24) is 8.87 Å². The number of nitrogens with zero attached hydrogens (tertiary/aromatic N) is 2. The Labute approximate surface area is 101 Å². The number of rotatable bonds is 6. The fourth-order valence-corrected chi connectivity index (χ4v) is 2.71. The van der Waals surface area contributed by atoms with Gasteiger partial charge in [-0.3, -0.25) is 0 Å². The largest absolute Gasteiger partial charge is 0.389 e. The topological polar surface area (TPSA) is 71.8 Å². The molecule has 0 saturated heterocycles. The quantitative estimate of drug-likeness (QED) is 0.761. The van der Waals surface area contributed by atoms with Crippen LogP contribution in [0, 0.1) is 0 Å². The predicted molar refractivity (Wildman–Crippen MR) is 63.1 cm³/mol. The molecule has 1 heterocycles. The van der Waals surface area contributed by atoms with E-state index in [0.29, 0.717) is 0 Å². The lowest BCUT2D eigenvalue weighted by Gasteiger charge is -2.19. The van der Waals surface area contributed by atoms with Crippen LogP contribution in [0.2, 0.25) is 0 Å². The van der Waals surface area contributed by atoms with Gasteiger partial charge in [0, 0.05) is 40.1 Å². The molecule has 1 aromatic rings. The predicted octanol–water partition coefficient (Wildman–Crippen LogP) is -0.347. The van der Waals surface area contributed by atoms with Gasteiger partial charge in [0.1, 0.15) is 0 Å². The van der Waals surface area contributed by atoms with E-state index < -0.39 is 16.1 Å². The van der Waals surface area contributed by atoms with Gasteiger partial charge in [-0.1, -0.05) is 0 Å². The molecule has 6 nitrogen and oxygen atoms in total. The second kappa shape index (κ2) is 5.63. The Balaban J connectivity index is 2.77. The van der Waals surface area contributed by atoms with Crippen LogP contribution in [0.5, 0.6) is 0 Å². The number of aryl methyl sites for hydroxylation is 1. The summed E-state index contributed by atoms with van der Waals surface area (Å²) in [7, 11) is 1.10. The van der Waals surface area contributed by atoms with Crippen LogP contribution in [0.3, 0.4) is 0 Å². The van der Waals surface area contributed by atoms with E-state index in [4.69, 9.17) is 4.74 Å². The SMILES string of the molecule is COCC(O)CN(C)S(=O)(=O)c1ccn(C)c1. The normalized spacial score (nSPS) is 14.2. The number of aliphatic hydroxyl groups is 1. The summed E-state index contributed by atoms with van der Waals surface area (Å²) in [5.74, 6) is 0. The average molecular weight is 262 g/mol. The molecule has 0 radical (unpaired) electrons. The third-order valence-corrected chi connectivity index (χ3v) is 4.15. The van der Waals surface area contributed by atoms with Gasteiger partial charge in [-0.05, 0) is 6.07 Å². The molecular weight excluding hydrogens is 244 g/mol. The Morgan fingerprint density at radius 1 is 1.59 bits per heavy atom. The Kier molecular flexibility index (Phi) is 4.70. The standard InChI is InChI=1S/C10H18N2O4S/c1-11-5-4-10(7-11)17(14,15)12(2)6-9(13)8-16-3/h4-5,7,9,13H,6,8H2,1-3H3. The van der Waals surface area contributed by atoms with Gasteiger partial charge in [-0.15, -0.1) is 0 Å². The lowest BCUT2D eigenvalue weighted by Crippen LogP contribution is -2.36. The molecule has 1 aromatic heterocycles. The van der Waals surface area contributed by atoms with E-state index in [1.54, 1.807) is 17.8 Å². The van der Waals surface area contributed by atoms with Crippen molar-refractivity contribution in [1.29, 1.82) is 0 Å². The van der Waals surface area contributed by atoms with Crippen molar-refractivity contribution in [3.63, 3.8) is 0 Å². The van der Waals surface area contributed by atoms with Crippen LogP contribution in [0.1, 0.15) is 0 Å². The van der Waals surface area contributed by atoms with Crippen LogP contribution in [0.25, 0.3) is 0 Å². The summed E-state index contributed by atoms with van der Waals surface area (Å²) < 4.78 is 31.6. The van der Waals surface area contributed by atoms with Crippen LogP contribution >= 0.6 is 0 Å². The summed E-state index contributed by atoms with van der Waals surface area (Å²) in [6.07, 6.45) is 2.35. The van der Waals surface area contributed by atoms with Crippen LogP contribution in [-0.4, -0.2) is 55.8 Å². The minimum Gasteiger partial charge on any atom is -0.389 e. The highest BCUT2D eigenvalue weighted by Crippen LogP contribution is 2.14. The van der Waals surface area contributed by atoms with Gasteiger partial charge >= 0.3 is 0 Å². The summed E-state index contributed by atoms with van der Waals surface area (Å²) in [4.78, 5) is 0.215. The minimum absolute atomic E-state index is 0.00503. The van der Waals surface area contributed by atoms with Crippen molar-refractivity contribution >= 4 is 10.0 Å². The number of sulfonamides is 1. The molecule has 1 rings (SSSR count). The Morgan fingerprint density at radius 2 is 2.24 bits per heavy atom. The van der Waals surface area contributed by atoms with Crippen molar-refractivity contribution in [2.45, 2.75) is 11.0 Å². The fraction of sp³-hybridized carbons (Fsp3) is 0.600. The molecule has 0 saturated carbocycles. The molecule has 98 valence electrons. The number of aromatic nitrogens is 1. The van der Waals surface area contributed by atoms with Crippen molar-refractivity contribution in [3.05, 3.63) is 18.5 Å². The maximum atomic E-state index is 12.0. The first kappa shape index (κ1) is 14.2. The first-order chi connectivity index (χ1) is 7.87. The van der Waals surface area contributed by atoms with Crippen molar-refractivity contribution in [2.24, 2.45) is 7.05 Å². The molecule has 0 aliphatic carbocycles. The Morgan fingerprint density at radius 3 is 2.71 bits per heavy atom. The van der Waals surface area contributed by atoms with Gasteiger partial charge in [0.15, 0.2) is 0 Å². The molecule has 17 heavy (non-hydrogen) atoms. The number of ether oxygens (including phenoxy) is 1. The number of hydrogen-bond donors (Lipinski definition) is 1. The molecule has 1 atom stereocenters. The molecule has 0 amide bonds. The van der Waals surface area contributed by atoms with E-state index in [1.807, 2.05) is 0 Å². The van der Waals surface area contributed by atoms with Gasteiger partial charge in [0.2, 0.25) is 10.0 Å². The molecule has 0 aromatic carbocycles. The Bertz CT molecular complexity index is 455. The minimum atomic E-state index is -3.53. The summed E-state index contributed by atoms with van der Waals surface area (Å²) >= 11 is 0. The molecule has 0 bridgehead atoms. The summed E-state index contributed by atoms with van der Waals surface area (Å²) in [5, 5.41) is 9.50. The molecule has 0 aliphatic heterocycles. The first-order valence-electron chi connectivity index (χ1n) is 5.13. The summed E-state index contributed by atoms with van der Waals surface area (Å²) in [6.45, 7) is 0.111. The molecule has 7 heteroatoms. The van der Waals surface area contributed by atoms with Gasteiger partial charge in [-0.25, -0.2) is 8.42 Å². The first-order valence-corrected chi connectivity index (χ1v) is 6.57. The van der Waals surface area contributed by atoms with E-state index in [9.17, 15) is 13.5 Å². The Hall–Kier alpha value is -0.890. The van der Waals surface area contributed by atoms with Gasteiger partial charge in [0.05, 0.1) is 17.6 Å². The zero-order valence-corrected chi connectivity index (χ0v) is 11.0. The molecule has 1 unspecified atom stereocenters. The third-order valence-electron chi connectivity index (χ3n) is 2.34. The lowest BCUT2D eigenvalue weighted by molar-refractivity contribution is 0.0554. The number of likely N-dealkylation sites (N-methyl/N-ethyl adjacent to an activating group) is 1. The monoisotopic (exact) mass is 262 g/mol.